The summed E-state index contributed by atoms with van der Waals surface area (Å²) in [5.41, 5.74) is 2.96. The Bertz CT molecular complexity index is 572. The minimum atomic E-state index is -4.65. The number of rotatable bonds is 3. The first kappa shape index (κ1) is 13.5. The number of aryl methyl sites for hydroxylation is 2. The van der Waals surface area contributed by atoms with Crippen LogP contribution in [0.1, 0.15) is 16.8 Å². The molecule has 0 atom stereocenters. The van der Waals surface area contributed by atoms with Gasteiger partial charge in [0.05, 0.1) is 0 Å². The molecule has 0 aliphatic carbocycles. The Morgan fingerprint density at radius 2 is 1.89 bits per heavy atom. The Labute approximate surface area is 109 Å². The molecule has 0 unspecified atom stereocenters. The van der Waals surface area contributed by atoms with Gasteiger partial charge in [-0.15, -0.1) is 13.2 Å². The van der Waals surface area contributed by atoms with Crippen LogP contribution in [0.3, 0.4) is 0 Å². The van der Waals surface area contributed by atoms with Crippen LogP contribution in [0.15, 0.2) is 36.5 Å². The van der Waals surface area contributed by atoms with Crippen LogP contribution in [0, 0.1) is 13.8 Å². The van der Waals surface area contributed by atoms with Crippen molar-refractivity contribution in [2.24, 2.45) is 0 Å². The van der Waals surface area contributed by atoms with Crippen molar-refractivity contribution in [2.45, 2.75) is 26.8 Å². The van der Waals surface area contributed by atoms with Crippen molar-refractivity contribution >= 4 is 0 Å². The maximum absolute atomic E-state index is 12.1. The summed E-state index contributed by atoms with van der Waals surface area (Å²) in [4.78, 5) is 0. The molecule has 19 heavy (non-hydrogen) atoms. The largest absolute Gasteiger partial charge is 0.573 e. The average Bonchev–Trinajstić information content (AvgIpc) is 2.55. The van der Waals surface area contributed by atoms with E-state index in [0.717, 1.165) is 16.8 Å². The molecule has 102 valence electrons. The van der Waals surface area contributed by atoms with Crippen LogP contribution in [0.5, 0.6) is 5.75 Å². The Balaban J connectivity index is 2.17. The van der Waals surface area contributed by atoms with Crippen LogP contribution in [0.4, 0.5) is 13.2 Å². The first-order chi connectivity index (χ1) is 8.83. The Morgan fingerprint density at radius 3 is 2.47 bits per heavy atom. The van der Waals surface area contributed by atoms with Gasteiger partial charge in [0.1, 0.15) is 5.75 Å². The number of ether oxygens (including phenoxy) is 1. The van der Waals surface area contributed by atoms with Crippen LogP contribution < -0.4 is 4.74 Å². The lowest BCUT2D eigenvalue weighted by Crippen LogP contribution is -2.17. The summed E-state index contributed by atoms with van der Waals surface area (Å²) in [6.45, 7) is 4.46. The molecule has 1 heterocycles. The van der Waals surface area contributed by atoms with Gasteiger partial charge in [-0.2, -0.15) is 0 Å². The fourth-order valence-electron chi connectivity index (χ4n) is 2.01. The Hall–Kier alpha value is -1.91. The molecule has 0 bridgehead atoms. The lowest BCUT2D eigenvalue weighted by Gasteiger charge is -2.11. The molecule has 0 radical (unpaired) electrons. The number of hydrogen-bond donors (Lipinski definition) is 0. The van der Waals surface area contributed by atoms with E-state index in [1.54, 1.807) is 12.1 Å². The second-order valence-electron chi connectivity index (χ2n) is 4.48. The standard InChI is InChI=1S/C14H14F3NO/c1-10-6-11(2)18(8-10)9-12-4-3-5-13(7-12)19-14(15,16)17/h3-8H,9H2,1-2H3. The summed E-state index contributed by atoms with van der Waals surface area (Å²) in [5, 5.41) is 0. The zero-order valence-electron chi connectivity index (χ0n) is 10.7. The molecule has 2 rings (SSSR count). The molecule has 0 saturated carbocycles. The van der Waals surface area contributed by atoms with Gasteiger partial charge in [0.2, 0.25) is 0 Å². The normalized spacial score (nSPS) is 11.6. The number of halogens is 3. The molecular formula is C14H14F3NO. The first-order valence-electron chi connectivity index (χ1n) is 5.81. The Kier molecular flexibility index (Phi) is 3.55. The van der Waals surface area contributed by atoms with Crippen LogP contribution in [0.25, 0.3) is 0 Å². The summed E-state index contributed by atoms with van der Waals surface area (Å²) in [5.74, 6) is -0.188. The lowest BCUT2D eigenvalue weighted by molar-refractivity contribution is -0.274. The van der Waals surface area contributed by atoms with E-state index in [-0.39, 0.29) is 5.75 Å². The third kappa shape index (κ3) is 3.77. The monoisotopic (exact) mass is 269 g/mol. The summed E-state index contributed by atoms with van der Waals surface area (Å²) in [6.07, 6.45) is -2.69. The van der Waals surface area contributed by atoms with Crippen LogP contribution in [0.2, 0.25) is 0 Å². The molecule has 1 aromatic heterocycles. The van der Waals surface area contributed by atoms with E-state index in [0.29, 0.717) is 6.54 Å². The van der Waals surface area contributed by atoms with Gasteiger partial charge >= 0.3 is 6.36 Å². The van der Waals surface area contributed by atoms with Crippen molar-refractivity contribution in [1.29, 1.82) is 0 Å². The molecule has 0 aliphatic rings. The highest BCUT2D eigenvalue weighted by Gasteiger charge is 2.31. The van der Waals surface area contributed by atoms with E-state index in [1.165, 1.54) is 12.1 Å². The fraction of sp³-hybridized carbons (Fsp3) is 0.286. The van der Waals surface area contributed by atoms with E-state index >= 15 is 0 Å². The van der Waals surface area contributed by atoms with Gasteiger partial charge in [-0.1, -0.05) is 12.1 Å². The molecule has 0 aliphatic heterocycles. The van der Waals surface area contributed by atoms with Crippen LogP contribution in [-0.2, 0) is 6.54 Å². The fourth-order valence-corrected chi connectivity index (χ4v) is 2.01. The summed E-state index contributed by atoms with van der Waals surface area (Å²) < 4.78 is 42.3. The molecule has 1 aromatic carbocycles. The molecular weight excluding hydrogens is 255 g/mol. The maximum Gasteiger partial charge on any atom is 0.573 e. The van der Waals surface area contributed by atoms with Crippen LogP contribution in [-0.4, -0.2) is 10.9 Å². The van der Waals surface area contributed by atoms with Crippen molar-refractivity contribution in [3.8, 4) is 5.75 Å². The third-order valence-corrected chi connectivity index (χ3v) is 2.73. The summed E-state index contributed by atoms with van der Waals surface area (Å²) in [7, 11) is 0. The lowest BCUT2D eigenvalue weighted by atomic mass is 10.2. The molecule has 5 heteroatoms. The molecule has 2 nitrogen and oxygen atoms in total. The van der Waals surface area contributed by atoms with E-state index in [2.05, 4.69) is 4.74 Å². The van der Waals surface area contributed by atoms with Crippen molar-refractivity contribution in [3.05, 3.63) is 53.3 Å². The summed E-state index contributed by atoms with van der Waals surface area (Å²) in [6, 6.07) is 8.06. The predicted octanol–water partition coefficient (Wildman–Crippen LogP) is 4.05. The van der Waals surface area contributed by atoms with E-state index in [1.807, 2.05) is 30.7 Å². The molecule has 0 saturated heterocycles. The van der Waals surface area contributed by atoms with Gasteiger partial charge < -0.3 is 9.30 Å². The van der Waals surface area contributed by atoms with E-state index in [4.69, 9.17) is 0 Å². The van der Waals surface area contributed by atoms with Crippen LogP contribution >= 0.6 is 0 Å². The average molecular weight is 269 g/mol. The Morgan fingerprint density at radius 1 is 1.16 bits per heavy atom. The van der Waals surface area contributed by atoms with Gasteiger partial charge in [0, 0.05) is 18.4 Å². The maximum atomic E-state index is 12.1. The summed E-state index contributed by atoms with van der Waals surface area (Å²) >= 11 is 0. The number of alkyl halides is 3. The van der Waals surface area contributed by atoms with Gasteiger partial charge in [-0.05, 0) is 43.2 Å². The topological polar surface area (TPSA) is 14.2 Å². The van der Waals surface area contributed by atoms with Crippen molar-refractivity contribution in [2.75, 3.05) is 0 Å². The highest BCUT2D eigenvalue weighted by Crippen LogP contribution is 2.23. The molecule has 0 amide bonds. The SMILES string of the molecule is Cc1cc(C)n(Cc2cccc(OC(F)(F)F)c2)c1. The minimum absolute atomic E-state index is 0.188. The van der Waals surface area contributed by atoms with Gasteiger partial charge in [-0.3, -0.25) is 0 Å². The first-order valence-corrected chi connectivity index (χ1v) is 5.81. The van der Waals surface area contributed by atoms with Crippen molar-refractivity contribution in [3.63, 3.8) is 0 Å². The van der Waals surface area contributed by atoms with E-state index in [9.17, 15) is 13.2 Å². The zero-order chi connectivity index (χ0) is 14.0. The smallest absolute Gasteiger partial charge is 0.406 e. The molecule has 0 fully saturated rings. The molecule has 0 spiro atoms. The van der Waals surface area contributed by atoms with Gasteiger partial charge in [-0.25, -0.2) is 0 Å². The zero-order valence-corrected chi connectivity index (χ0v) is 10.7. The van der Waals surface area contributed by atoms with Crippen molar-refractivity contribution in [1.82, 2.24) is 4.57 Å². The van der Waals surface area contributed by atoms with Gasteiger partial charge in [0.15, 0.2) is 0 Å². The number of aromatic nitrogens is 1. The van der Waals surface area contributed by atoms with Crippen molar-refractivity contribution < 1.29 is 17.9 Å². The van der Waals surface area contributed by atoms with Gasteiger partial charge in [0.25, 0.3) is 0 Å². The number of nitrogens with zero attached hydrogens (tertiary/aromatic N) is 1. The third-order valence-electron chi connectivity index (χ3n) is 2.73. The highest BCUT2D eigenvalue weighted by atomic mass is 19.4. The minimum Gasteiger partial charge on any atom is -0.406 e. The predicted molar refractivity (Wildman–Crippen MR) is 66.1 cm³/mol. The molecule has 0 N–H and O–H groups in total. The molecule has 2 aromatic rings. The number of benzene rings is 1. The second kappa shape index (κ2) is 4.99. The number of hydrogen-bond acceptors (Lipinski definition) is 1. The second-order valence-corrected chi connectivity index (χ2v) is 4.48. The quantitative estimate of drug-likeness (QED) is 0.819. The van der Waals surface area contributed by atoms with E-state index < -0.39 is 6.36 Å². The highest BCUT2D eigenvalue weighted by molar-refractivity contribution is 5.29.